The van der Waals surface area contributed by atoms with E-state index in [1.165, 1.54) is 5.57 Å². The number of nitrogens with zero attached hydrogens (tertiary/aromatic N) is 2. The van der Waals surface area contributed by atoms with Crippen LogP contribution in [0.4, 0.5) is 0 Å². The molecule has 0 unspecified atom stereocenters. The van der Waals surface area contributed by atoms with E-state index in [1.807, 2.05) is 30.7 Å². The van der Waals surface area contributed by atoms with Crippen LogP contribution in [0.15, 0.2) is 30.4 Å². The average molecular weight is 307 g/mol. The first-order valence-electron chi connectivity index (χ1n) is 7.73. The van der Waals surface area contributed by atoms with Crippen molar-refractivity contribution < 1.29 is 14.3 Å². The molecule has 1 fully saturated rings. The number of hydrogen-bond donors (Lipinski definition) is 1. The SMILES string of the molecule is CC(C)=CCO[C@@H]1COCC[C@H]1NC(=O)CCn1ccnc1. The van der Waals surface area contributed by atoms with Gasteiger partial charge in [0.1, 0.15) is 6.10 Å². The number of hydrogen-bond acceptors (Lipinski definition) is 4. The summed E-state index contributed by atoms with van der Waals surface area (Å²) in [5.41, 5.74) is 1.22. The number of allylic oxidation sites excluding steroid dienone is 1. The van der Waals surface area contributed by atoms with E-state index < -0.39 is 0 Å². The van der Waals surface area contributed by atoms with Crippen LogP contribution in [0.5, 0.6) is 0 Å². The molecule has 0 bridgehead atoms. The van der Waals surface area contributed by atoms with Gasteiger partial charge in [-0.25, -0.2) is 4.98 Å². The molecule has 0 saturated carbocycles. The van der Waals surface area contributed by atoms with Crippen LogP contribution in [0.25, 0.3) is 0 Å². The summed E-state index contributed by atoms with van der Waals surface area (Å²) in [6.07, 6.45) is 8.46. The molecule has 1 aromatic rings. The minimum atomic E-state index is -0.0819. The zero-order chi connectivity index (χ0) is 15.8. The number of ether oxygens (including phenoxy) is 2. The first-order chi connectivity index (χ1) is 10.6. The monoisotopic (exact) mass is 307 g/mol. The zero-order valence-electron chi connectivity index (χ0n) is 13.3. The van der Waals surface area contributed by atoms with E-state index in [0.717, 1.165) is 6.42 Å². The van der Waals surface area contributed by atoms with Crippen LogP contribution >= 0.6 is 0 Å². The quantitative estimate of drug-likeness (QED) is 0.776. The van der Waals surface area contributed by atoms with Crippen molar-refractivity contribution in [1.29, 1.82) is 0 Å². The van der Waals surface area contributed by atoms with E-state index in [-0.39, 0.29) is 18.1 Å². The van der Waals surface area contributed by atoms with Crippen LogP contribution in [0.3, 0.4) is 0 Å². The Morgan fingerprint density at radius 2 is 2.41 bits per heavy atom. The smallest absolute Gasteiger partial charge is 0.222 e. The van der Waals surface area contributed by atoms with Gasteiger partial charge in [-0.2, -0.15) is 0 Å². The van der Waals surface area contributed by atoms with Crippen molar-refractivity contribution >= 4 is 5.91 Å². The molecule has 2 rings (SSSR count). The highest BCUT2D eigenvalue weighted by atomic mass is 16.5. The van der Waals surface area contributed by atoms with Crippen LogP contribution in [0.2, 0.25) is 0 Å². The summed E-state index contributed by atoms with van der Waals surface area (Å²) in [7, 11) is 0. The second-order valence-corrected chi connectivity index (χ2v) is 5.74. The van der Waals surface area contributed by atoms with Crippen molar-refractivity contribution in [2.24, 2.45) is 0 Å². The third-order valence-electron chi connectivity index (χ3n) is 3.61. The van der Waals surface area contributed by atoms with Gasteiger partial charge in [0.2, 0.25) is 5.91 Å². The maximum Gasteiger partial charge on any atom is 0.222 e. The van der Waals surface area contributed by atoms with Gasteiger partial charge in [-0.1, -0.05) is 11.6 Å². The fraction of sp³-hybridized carbons (Fsp3) is 0.625. The van der Waals surface area contributed by atoms with Crippen LogP contribution in [0, 0.1) is 0 Å². The lowest BCUT2D eigenvalue weighted by Gasteiger charge is -2.32. The van der Waals surface area contributed by atoms with Crippen LogP contribution in [-0.2, 0) is 20.8 Å². The maximum atomic E-state index is 12.1. The van der Waals surface area contributed by atoms with Gasteiger partial charge in [0, 0.05) is 32.0 Å². The number of rotatable bonds is 7. The van der Waals surface area contributed by atoms with Gasteiger partial charge in [-0.3, -0.25) is 4.79 Å². The molecule has 1 saturated heterocycles. The molecular formula is C16H25N3O3. The van der Waals surface area contributed by atoms with E-state index in [4.69, 9.17) is 9.47 Å². The Hall–Kier alpha value is -1.66. The van der Waals surface area contributed by atoms with Gasteiger partial charge in [0.15, 0.2) is 0 Å². The van der Waals surface area contributed by atoms with Crippen molar-refractivity contribution in [2.75, 3.05) is 19.8 Å². The summed E-state index contributed by atoms with van der Waals surface area (Å²) in [6.45, 7) is 6.46. The number of aryl methyl sites for hydroxylation is 1. The summed E-state index contributed by atoms with van der Waals surface area (Å²) >= 11 is 0. The Bertz CT molecular complexity index is 481. The molecule has 2 atom stereocenters. The first-order valence-corrected chi connectivity index (χ1v) is 7.73. The molecule has 6 heteroatoms. The van der Waals surface area contributed by atoms with Crippen LogP contribution < -0.4 is 5.32 Å². The molecule has 6 nitrogen and oxygen atoms in total. The summed E-state index contributed by atoms with van der Waals surface area (Å²) in [5, 5.41) is 3.07. The number of aromatic nitrogens is 2. The normalized spacial score (nSPS) is 21.4. The lowest BCUT2D eigenvalue weighted by molar-refractivity contribution is -0.125. The minimum Gasteiger partial charge on any atom is -0.379 e. The predicted molar refractivity (Wildman–Crippen MR) is 83.4 cm³/mol. The molecule has 0 aliphatic carbocycles. The highest BCUT2D eigenvalue weighted by Crippen LogP contribution is 2.12. The molecule has 122 valence electrons. The Kier molecular flexibility index (Phi) is 6.61. The molecule has 0 radical (unpaired) electrons. The van der Waals surface area contributed by atoms with Crippen LogP contribution in [0.1, 0.15) is 26.7 Å². The van der Waals surface area contributed by atoms with Gasteiger partial charge < -0.3 is 19.4 Å². The predicted octanol–water partition coefficient (Wildman–Crippen LogP) is 1.53. The molecular weight excluding hydrogens is 282 g/mol. The van der Waals surface area contributed by atoms with Crippen molar-refractivity contribution in [3.05, 3.63) is 30.4 Å². The number of imidazole rings is 1. The number of amides is 1. The fourth-order valence-corrected chi connectivity index (χ4v) is 2.31. The van der Waals surface area contributed by atoms with Crippen molar-refractivity contribution in [3.8, 4) is 0 Å². The molecule has 1 aliphatic rings. The number of carbonyl (C=O) groups is 1. The van der Waals surface area contributed by atoms with E-state index in [9.17, 15) is 4.79 Å². The Morgan fingerprint density at radius 1 is 1.55 bits per heavy atom. The zero-order valence-corrected chi connectivity index (χ0v) is 13.3. The molecule has 22 heavy (non-hydrogen) atoms. The second-order valence-electron chi connectivity index (χ2n) is 5.74. The Balaban J connectivity index is 1.77. The lowest BCUT2D eigenvalue weighted by Crippen LogP contribution is -2.50. The molecule has 1 aliphatic heterocycles. The van der Waals surface area contributed by atoms with Gasteiger partial charge in [0.05, 0.1) is 25.6 Å². The van der Waals surface area contributed by atoms with Gasteiger partial charge in [-0.05, 0) is 20.3 Å². The largest absolute Gasteiger partial charge is 0.379 e. The lowest BCUT2D eigenvalue weighted by atomic mass is 10.1. The number of carbonyl (C=O) groups excluding carboxylic acids is 1. The van der Waals surface area contributed by atoms with Gasteiger partial charge in [-0.15, -0.1) is 0 Å². The van der Waals surface area contributed by atoms with E-state index in [2.05, 4.69) is 10.3 Å². The molecule has 0 aromatic carbocycles. The average Bonchev–Trinajstić information content (AvgIpc) is 3.00. The van der Waals surface area contributed by atoms with Crippen molar-refractivity contribution in [1.82, 2.24) is 14.9 Å². The van der Waals surface area contributed by atoms with Crippen molar-refractivity contribution in [2.45, 2.75) is 45.4 Å². The molecule has 0 spiro atoms. The van der Waals surface area contributed by atoms with Crippen LogP contribution in [-0.4, -0.2) is 47.4 Å². The highest BCUT2D eigenvalue weighted by molar-refractivity contribution is 5.76. The summed E-state index contributed by atoms with van der Waals surface area (Å²) in [5.74, 6) is 0.0383. The number of nitrogens with one attached hydrogen (secondary N) is 1. The van der Waals surface area contributed by atoms with E-state index in [1.54, 1.807) is 12.5 Å². The standard InChI is InChI=1S/C16H25N3O3/c1-13(2)4-10-22-15-11-21-9-5-14(15)18-16(20)3-7-19-8-6-17-12-19/h4,6,8,12,14-15H,3,5,7,9-11H2,1-2H3,(H,18,20)/t14-,15-/m1/s1. The molecule has 1 amide bonds. The second kappa shape index (κ2) is 8.70. The van der Waals surface area contributed by atoms with Gasteiger partial charge >= 0.3 is 0 Å². The van der Waals surface area contributed by atoms with Gasteiger partial charge in [0.25, 0.3) is 0 Å². The topological polar surface area (TPSA) is 65.4 Å². The first kappa shape index (κ1) is 16.7. The summed E-state index contributed by atoms with van der Waals surface area (Å²) < 4.78 is 13.2. The van der Waals surface area contributed by atoms with E-state index >= 15 is 0 Å². The summed E-state index contributed by atoms with van der Waals surface area (Å²) in [6, 6.07) is 0.0228. The minimum absolute atomic E-state index is 0.0228. The third kappa shape index (κ3) is 5.61. The Labute approximate surface area is 131 Å². The molecule has 2 heterocycles. The molecule has 1 aromatic heterocycles. The highest BCUT2D eigenvalue weighted by Gasteiger charge is 2.27. The fourth-order valence-electron chi connectivity index (χ4n) is 2.31. The third-order valence-corrected chi connectivity index (χ3v) is 3.61. The van der Waals surface area contributed by atoms with Crippen molar-refractivity contribution in [3.63, 3.8) is 0 Å². The molecule has 1 N–H and O–H groups in total. The Morgan fingerprint density at radius 3 is 3.14 bits per heavy atom. The van der Waals surface area contributed by atoms with E-state index in [0.29, 0.717) is 32.8 Å². The maximum absolute atomic E-state index is 12.1. The summed E-state index contributed by atoms with van der Waals surface area (Å²) in [4.78, 5) is 16.0.